The van der Waals surface area contributed by atoms with Gasteiger partial charge in [0, 0.05) is 12.8 Å². The van der Waals surface area contributed by atoms with E-state index < -0.39 is 29.5 Å². The highest BCUT2D eigenvalue weighted by molar-refractivity contribution is 6.62. The molecule has 1 saturated carbocycles. The number of imide groups is 1. The lowest BCUT2D eigenvalue weighted by Gasteiger charge is -2.55. The van der Waals surface area contributed by atoms with Crippen molar-refractivity contribution < 1.29 is 24.0 Å². The van der Waals surface area contributed by atoms with Crippen LogP contribution in [-0.2, 0) is 14.8 Å². The average Bonchev–Trinajstić information content (AvgIpc) is 3.14. The lowest BCUT2D eigenvalue weighted by molar-refractivity contribution is -0.0989. The van der Waals surface area contributed by atoms with Crippen molar-refractivity contribution in [3.05, 3.63) is 77.9 Å². The van der Waals surface area contributed by atoms with Gasteiger partial charge in [-0.2, -0.15) is 0 Å². The molecule has 5 rings (SSSR count). The molecule has 0 atom stereocenters. The number of hydrogen-bond donors (Lipinski definition) is 1. The van der Waals surface area contributed by atoms with Crippen LogP contribution >= 0.6 is 0 Å². The Labute approximate surface area is 194 Å². The molecule has 2 amide bonds. The summed E-state index contributed by atoms with van der Waals surface area (Å²) in [5, 5.41) is 10.8. The Morgan fingerprint density at radius 1 is 0.909 bits per heavy atom. The largest absolute Gasteiger partial charge is 0.494 e. The first kappa shape index (κ1) is 22.1. The van der Waals surface area contributed by atoms with Gasteiger partial charge >= 0.3 is 7.12 Å². The third kappa shape index (κ3) is 3.06. The second-order valence-electron chi connectivity index (χ2n) is 10.4. The molecule has 0 radical (unpaired) electrons. The molecule has 1 saturated heterocycles. The van der Waals surface area contributed by atoms with Crippen LogP contribution in [0.25, 0.3) is 0 Å². The van der Waals surface area contributed by atoms with Crippen molar-refractivity contribution in [1.29, 1.82) is 0 Å². The van der Waals surface area contributed by atoms with Gasteiger partial charge in [0.25, 0.3) is 11.8 Å². The van der Waals surface area contributed by atoms with Gasteiger partial charge in [0.15, 0.2) is 0 Å². The predicted molar refractivity (Wildman–Crippen MR) is 125 cm³/mol. The Morgan fingerprint density at radius 3 is 1.85 bits per heavy atom. The smallest absolute Gasteiger partial charge is 0.399 e. The average molecular weight is 445 g/mol. The molecule has 0 aromatic heterocycles. The molecule has 33 heavy (non-hydrogen) atoms. The zero-order chi connectivity index (χ0) is 23.8. The highest BCUT2D eigenvalue weighted by Gasteiger charge is 2.61. The van der Waals surface area contributed by atoms with Crippen molar-refractivity contribution in [3.8, 4) is 0 Å². The molecule has 7 heteroatoms. The minimum atomic E-state index is -1.14. The van der Waals surface area contributed by atoms with Crippen molar-refractivity contribution in [2.75, 3.05) is 0 Å². The summed E-state index contributed by atoms with van der Waals surface area (Å²) in [7, 11) is -0.509. The molecule has 6 nitrogen and oxygen atoms in total. The summed E-state index contributed by atoms with van der Waals surface area (Å²) in [5.74, 6) is -0.673. The first-order valence-corrected chi connectivity index (χ1v) is 11.2. The summed E-state index contributed by atoms with van der Waals surface area (Å²) in [6.45, 7) is 11.8. The highest BCUT2D eigenvalue weighted by Crippen LogP contribution is 2.55. The molecule has 2 heterocycles. The number of hydrogen-bond acceptors (Lipinski definition) is 5. The maximum atomic E-state index is 13.3. The van der Waals surface area contributed by atoms with E-state index in [0.29, 0.717) is 11.1 Å². The van der Waals surface area contributed by atoms with Gasteiger partial charge in [-0.3, -0.25) is 14.5 Å². The number of nitrogens with zero attached hydrogens (tertiary/aromatic N) is 1. The minimum absolute atomic E-state index is 0.199. The molecule has 2 aliphatic heterocycles. The van der Waals surface area contributed by atoms with E-state index in [0.717, 1.165) is 11.0 Å². The molecule has 170 valence electrons. The van der Waals surface area contributed by atoms with Gasteiger partial charge < -0.3 is 14.4 Å². The Balaban J connectivity index is 1.51. The van der Waals surface area contributed by atoms with E-state index >= 15 is 0 Å². The van der Waals surface area contributed by atoms with Crippen LogP contribution in [0.4, 0.5) is 0 Å². The predicted octanol–water partition coefficient (Wildman–Crippen LogP) is 3.19. The van der Waals surface area contributed by atoms with Gasteiger partial charge in [0.05, 0.1) is 33.5 Å². The summed E-state index contributed by atoms with van der Waals surface area (Å²) in [5.41, 5.74) is -0.575. The quantitative estimate of drug-likeness (QED) is 0.445. The summed E-state index contributed by atoms with van der Waals surface area (Å²) >= 11 is 0. The zero-order valence-electron chi connectivity index (χ0n) is 19.4. The summed E-state index contributed by atoms with van der Waals surface area (Å²) < 4.78 is 12.3. The fraction of sp³-hybridized carbons (Fsp3) is 0.385. The molecular formula is C26H28BNO5. The third-order valence-electron chi connectivity index (χ3n) is 7.77. The fourth-order valence-electron chi connectivity index (χ4n) is 5.10. The maximum absolute atomic E-state index is 13.3. The molecule has 1 aliphatic carbocycles. The molecule has 0 bridgehead atoms. The monoisotopic (exact) mass is 445 g/mol. The Hall–Kier alpha value is -2.74. The van der Waals surface area contributed by atoms with E-state index in [-0.39, 0.29) is 24.7 Å². The second-order valence-corrected chi connectivity index (χ2v) is 10.4. The molecule has 1 N–H and O–H groups in total. The van der Waals surface area contributed by atoms with Crippen LogP contribution in [0.1, 0.15) is 66.8 Å². The van der Waals surface area contributed by atoms with E-state index in [1.165, 1.54) is 11.0 Å². The van der Waals surface area contributed by atoms with Crippen LogP contribution in [0.15, 0.2) is 61.2 Å². The molecule has 0 unspecified atom stereocenters. The molecule has 2 fully saturated rings. The van der Waals surface area contributed by atoms with Crippen molar-refractivity contribution in [1.82, 2.24) is 4.90 Å². The van der Waals surface area contributed by atoms with E-state index in [9.17, 15) is 14.7 Å². The Morgan fingerprint density at radius 2 is 1.39 bits per heavy atom. The van der Waals surface area contributed by atoms with Crippen LogP contribution in [0, 0.1) is 0 Å². The van der Waals surface area contributed by atoms with Crippen LogP contribution in [-0.4, -0.2) is 45.7 Å². The number of amides is 2. The van der Waals surface area contributed by atoms with Gasteiger partial charge in [-0.05, 0) is 50.9 Å². The molecule has 0 spiro atoms. The molecule has 2 aromatic rings. The van der Waals surface area contributed by atoms with Crippen molar-refractivity contribution in [2.24, 2.45) is 0 Å². The number of carbonyl (C=O) groups excluding carboxylic acids is 2. The van der Waals surface area contributed by atoms with Gasteiger partial charge in [-0.15, -0.1) is 6.58 Å². The Bertz CT molecular complexity index is 1110. The van der Waals surface area contributed by atoms with Gasteiger partial charge in [0.1, 0.15) is 0 Å². The first-order chi connectivity index (χ1) is 15.4. The van der Waals surface area contributed by atoms with Gasteiger partial charge in [0.2, 0.25) is 0 Å². The number of fused-ring (bicyclic) bond motifs is 1. The number of carbonyl (C=O) groups is 2. The lowest BCUT2D eigenvalue weighted by atomic mass is 9.60. The van der Waals surface area contributed by atoms with E-state index in [2.05, 4.69) is 6.58 Å². The summed E-state index contributed by atoms with van der Waals surface area (Å²) in [6.07, 6.45) is 1.89. The molecule has 2 aromatic carbocycles. The SMILES string of the molecule is C=C[C@]1(O)C[C@](c2ccc(B3OC(C)(C)C(C)(C)O3)cc2)(N2C(=O)c3ccccc3C2=O)C1. The zero-order valence-corrected chi connectivity index (χ0v) is 19.4. The Kier molecular flexibility index (Phi) is 4.61. The third-order valence-corrected chi connectivity index (χ3v) is 7.77. The first-order valence-electron chi connectivity index (χ1n) is 11.2. The van der Waals surface area contributed by atoms with E-state index in [1.54, 1.807) is 24.3 Å². The number of rotatable bonds is 4. The molecule has 3 aliphatic rings. The maximum Gasteiger partial charge on any atom is 0.494 e. The van der Waals surface area contributed by atoms with Crippen molar-refractivity contribution in [3.63, 3.8) is 0 Å². The van der Waals surface area contributed by atoms with Gasteiger partial charge in [-0.25, -0.2) is 0 Å². The van der Waals surface area contributed by atoms with Crippen LogP contribution in [0.2, 0.25) is 0 Å². The fourth-order valence-corrected chi connectivity index (χ4v) is 5.10. The number of benzene rings is 2. The second kappa shape index (κ2) is 6.89. The van der Waals surface area contributed by atoms with Crippen LogP contribution in [0.5, 0.6) is 0 Å². The van der Waals surface area contributed by atoms with E-state index in [4.69, 9.17) is 9.31 Å². The topological polar surface area (TPSA) is 76.1 Å². The van der Waals surface area contributed by atoms with Crippen LogP contribution < -0.4 is 5.46 Å². The summed E-state index contributed by atoms with van der Waals surface area (Å²) in [6, 6.07) is 14.4. The minimum Gasteiger partial charge on any atom is -0.399 e. The highest BCUT2D eigenvalue weighted by atomic mass is 16.7. The lowest BCUT2D eigenvalue weighted by Crippen LogP contribution is -2.64. The standard InChI is InChI=1S/C26H28BNO5/c1-6-25(31)15-26(16-25,28-21(29)19-9-7-8-10-20(19)22(28)30)17-11-13-18(14-12-17)27-32-23(2,3)24(4,5)33-27/h6-14,31H,1,15-16H2,2-5H3/t25-,26-. The summed E-state index contributed by atoms with van der Waals surface area (Å²) in [4.78, 5) is 27.9. The van der Waals surface area contributed by atoms with Gasteiger partial charge in [-0.1, -0.05) is 42.5 Å². The van der Waals surface area contributed by atoms with Crippen LogP contribution in [0.3, 0.4) is 0 Å². The molecular weight excluding hydrogens is 417 g/mol. The normalized spacial score (nSPS) is 29.7. The van der Waals surface area contributed by atoms with Crippen molar-refractivity contribution >= 4 is 24.4 Å². The van der Waals surface area contributed by atoms with E-state index in [1.807, 2.05) is 52.0 Å². The van der Waals surface area contributed by atoms with Crippen molar-refractivity contribution in [2.45, 2.75) is 62.9 Å². The number of aliphatic hydroxyl groups is 1.